The van der Waals surface area contributed by atoms with Crippen LogP contribution < -0.4 is 0 Å². The van der Waals surface area contributed by atoms with Crippen molar-refractivity contribution in [3.05, 3.63) is 59.7 Å². The van der Waals surface area contributed by atoms with Crippen molar-refractivity contribution in [3.63, 3.8) is 0 Å². The topological polar surface area (TPSA) is 58.7 Å². The summed E-state index contributed by atoms with van der Waals surface area (Å²) in [5, 5.41) is 0.978. The summed E-state index contributed by atoms with van der Waals surface area (Å²) in [7, 11) is 1.98. The van der Waals surface area contributed by atoms with Gasteiger partial charge in [0.05, 0.1) is 11.8 Å². The number of fused-ring (bicyclic) bond motifs is 1. The largest absolute Gasteiger partial charge is 0.459 e. The summed E-state index contributed by atoms with van der Waals surface area (Å²) in [6, 6.07) is 11.3. The quantitative estimate of drug-likeness (QED) is 0.713. The lowest BCUT2D eigenvalue weighted by atomic mass is 10.1. The Kier molecular flexibility index (Phi) is 4.03. The van der Waals surface area contributed by atoms with E-state index in [2.05, 4.69) is 4.57 Å². The highest BCUT2D eigenvalue weighted by molar-refractivity contribution is 6.08. The molecule has 1 fully saturated rings. The van der Waals surface area contributed by atoms with Crippen LogP contribution in [0.25, 0.3) is 10.9 Å². The monoisotopic (exact) mass is 351 g/mol. The Hall–Kier alpha value is -3.02. The van der Waals surface area contributed by atoms with Gasteiger partial charge in [-0.3, -0.25) is 9.59 Å². The van der Waals surface area contributed by atoms with Crippen LogP contribution >= 0.6 is 0 Å². The van der Waals surface area contributed by atoms with Crippen molar-refractivity contribution < 1.29 is 14.0 Å². The number of hydrogen-bond acceptors (Lipinski definition) is 3. The molecule has 0 atom stereocenters. The van der Waals surface area contributed by atoms with Gasteiger partial charge in [0.15, 0.2) is 5.76 Å². The van der Waals surface area contributed by atoms with Crippen molar-refractivity contribution >= 4 is 22.7 Å². The SMILES string of the molecule is Cc1c(C(=O)N2CCN(C(=O)c3ccco3)CC2)c2ccccc2n1C. The fourth-order valence-electron chi connectivity index (χ4n) is 3.62. The number of rotatable bonds is 2. The number of piperazine rings is 1. The van der Waals surface area contributed by atoms with E-state index in [1.165, 1.54) is 6.26 Å². The lowest BCUT2D eigenvalue weighted by molar-refractivity contribution is 0.0518. The van der Waals surface area contributed by atoms with E-state index in [9.17, 15) is 9.59 Å². The average Bonchev–Trinajstić information content (AvgIpc) is 3.29. The molecule has 0 bridgehead atoms. The Bertz CT molecular complexity index is 964. The molecule has 0 N–H and O–H groups in total. The number of aryl methyl sites for hydroxylation is 1. The fraction of sp³-hybridized carbons (Fsp3) is 0.300. The molecule has 4 rings (SSSR count). The predicted octanol–water partition coefficient (Wildman–Crippen LogP) is 2.68. The van der Waals surface area contributed by atoms with Gasteiger partial charge in [-0.1, -0.05) is 18.2 Å². The highest BCUT2D eigenvalue weighted by Gasteiger charge is 2.29. The van der Waals surface area contributed by atoms with E-state index < -0.39 is 0 Å². The number of para-hydroxylation sites is 1. The Morgan fingerprint density at radius 3 is 2.23 bits per heavy atom. The van der Waals surface area contributed by atoms with Crippen molar-refractivity contribution in [3.8, 4) is 0 Å². The van der Waals surface area contributed by atoms with Gasteiger partial charge < -0.3 is 18.8 Å². The molecule has 1 aromatic carbocycles. The van der Waals surface area contributed by atoms with Crippen LogP contribution in [-0.2, 0) is 7.05 Å². The van der Waals surface area contributed by atoms with Crippen LogP contribution in [0.4, 0.5) is 0 Å². The molecule has 1 saturated heterocycles. The predicted molar refractivity (Wildman–Crippen MR) is 98.2 cm³/mol. The van der Waals surface area contributed by atoms with Gasteiger partial charge in [0.25, 0.3) is 11.8 Å². The molecule has 3 heterocycles. The third-order valence-corrected chi connectivity index (χ3v) is 5.20. The van der Waals surface area contributed by atoms with Gasteiger partial charge >= 0.3 is 0 Å². The van der Waals surface area contributed by atoms with Crippen LogP contribution in [0, 0.1) is 6.92 Å². The van der Waals surface area contributed by atoms with E-state index in [-0.39, 0.29) is 11.8 Å². The van der Waals surface area contributed by atoms with E-state index in [0.29, 0.717) is 31.9 Å². The highest BCUT2D eigenvalue weighted by atomic mass is 16.3. The van der Waals surface area contributed by atoms with E-state index in [1.54, 1.807) is 17.0 Å². The number of furan rings is 1. The Morgan fingerprint density at radius 1 is 0.923 bits per heavy atom. The number of hydrogen-bond donors (Lipinski definition) is 0. The summed E-state index contributed by atoms with van der Waals surface area (Å²) in [5.74, 6) is 0.252. The Morgan fingerprint density at radius 2 is 1.58 bits per heavy atom. The minimum Gasteiger partial charge on any atom is -0.459 e. The Balaban J connectivity index is 1.53. The molecule has 0 radical (unpaired) electrons. The van der Waals surface area contributed by atoms with Crippen molar-refractivity contribution in [1.29, 1.82) is 0 Å². The number of carbonyl (C=O) groups is 2. The number of amides is 2. The molecule has 6 nitrogen and oxygen atoms in total. The van der Waals surface area contributed by atoms with E-state index in [1.807, 2.05) is 43.1 Å². The molecule has 6 heteroatoms. The molecular weight excluding hydrogens is 330 g/mol. The molecule has 1 aliphatic rings. The van der Waals surface area contributed by atoms with Crippen LogP contribution in [0.2, 0.25) is 0 Å². The van der Waals surface area contributed by atoms with Crippen molar-refractivity contribution in [2.24, 2.45) is 7.05 Å². The van der Waals surface area contributed by atoms with Gasteiger partial charge in [-0.25, -0.2) is 0 Å². The normalized spacial score (nSPS) is 14.8. The van der Waals surface area contributed by atoms with E-state index in [4.69, 9.17) is 4.42 Å². The van der Waals surface area contributed by atoms with Gasteiger partial charge in [-0.2, -0.15) is 0 Å². The van der Waals surface area contributed by atoms with Crippen LogP contribution in [0.5, 0.6) is 0 Å². The van der Waals surface area contributed by atoms with Crippen LogP contribution in [-0.4, -0.2) is 52.4 Å². The third-order valence-electron chi connectivity index (χ3n) is 5.20. The number of aromatic nitrogens is 1. The summed E-state index contributed by atoms with van der Waals surface area (Å²) >= 11 is 0. The minimum absolute atomic E-state index is 0.0318. The lowest BCUT2D eigenvalue weighted by Crippen LogP contribution is -2.50. The first-order chi connectivity index (χ1) is 12.6. The zero-order valence-corrected chi connectivity index (χ0v) is 14.9. The highest BCUT2D eigenvalue weighted by Crippen LogP contribution is 2.26. The van der Waals surface area contributed by atoms with Gasteiger partial charge in [-0.05, 0) is 25.1 Å². The first-order valence-corrected chi connectivity index (χ1v) is 8.74. The van der Waals surface area contributed by atoms with Crippen LogP contribution in [0.1, 0.15) is 26.6 Å². The number of benzene rings is 1. The zero-order chi connectivity index (χ0) is 18.3. The Labute approximate surface area is 151 Å². The molecule has 0 aliphatic carbocycles. The molecule has 1 aliphatic heterocycles. The first kappa shape index (κ1) is 16.4. The second-order valence-electron chi connectivity index (χ2n) is 6.60. The van der Waals surface area contributed by atoms with Gasteiger partial charge in [-0.15, -0.1) is 0 Å². The van der Waals surface area contributed by atoms with E-state index >= 15 is 0 Å². The van der Waals surface area contributed by atoms with Crippen molar-refractivity contribution in [1.82, 2.24) is 14.4 Å². The van der Waals surface area contributed by atoms with E-state index in [0.717, 1.165) is 22.2 Å². The third kappa shape index (κ3) is 2.58. The maximum absolute atomic E-state index is 13.1. The molecule has 26 heavy (non-hydrogen) atoms. The maximum atomic E-state index is 13.1. The first-order valence-electron chi connectivity index (χ1n) is 8.74. The molecule has 2 aromatic heterocycles. The average molecular weight is 351 g/mol. The van der Waals surface area contributed by atoms with Gasteiger partial charge in [0, 0.05) is 49.8 Å². The maximum Gasteiger partial charge on any atom is 0.289 e. The molecule has 0 saturated carbocycles. The summed E-state index contributed by atoms with van der Waals surface area (Å²) in [6.07, 6.45) is 1.50. The van der Waals surface area contributed by atoms with Gasteiger partial charge in [0.2, 0.25) is 0 Å². The molecular formula is C20H21N3O3. The van der Waals surface area contributed by atoms with Gasteiger partial charge in [0.1, 0.15) is 0 Å². The van der Waals surface area contributed by atoms with Crippen molar-refractivity contribution in [2.45, 2.75) is 6.92 Å². The summed E-state index contributed by atoms with van der Waals surface area (Å²) in [6.45, 7) is 4.04. The lowest BCUT2D eigenvalue weighted by Gasteiger charge is -2.34. The zero-order valence-electron chi connectivity index (χ0n) is 14.9. The molecule has 2 amide bonds. The van der Waals surface area contributed by atoms with Crippen LogP contribution in [0.15, 0.2) is 47.1 Å². The smallest absolute Gasteiger partial charge is 0.289 e. The summed E-state index contributed by atoms with van der Waals surface area (Å²) in [4.78, 5) is 29.1. The summed E-state index contributed by atoms with van der Waals surface area (Å²) < 4.78 is 7.24. The molecule has 3 aromatic rings. The fourth-order valence-corrected chi connectivity index (χ4v) is 3.62. The number of nitrogens with zero attached hydrogens (tertiary/aromatic N) is 3. The molecule has 0 unspecified atom stereocenters. The molecule has 0 spiro atoms. The summed E-state index contributed by atoms with van der Waals surface area (Å²) in [5.41, 5.74) is 2.78. The minimum atomic E-state index is -0.122. The number of carbonyl (C=O) groups excluding carboxylic acids is 2. The van der Waals surface area contributed by atoms with Crippen molar-refractivity contribution in [2.75, 3.05) is 26.2 Å². The second-order valence-corrected chi connectivity index (χ2v) is 6.60. The standard InChI is InChI=1S/C20H21N3O3/c1-14-18(15-6-3-4-7-16(15)21(14)2)20(25)23-11-9-22(10-12-23)19(24)17-8-5-13-26-17/h3-8,13H,9-12H2,1-2H3. The second kappa shape index (κ2) is 6.37. The molecule has 134 valence electrons. The van der Waals surface area contributed by atoms with Crippen LogP contribution in [0.3, 0.4) is 0 Å².